The highest BCUT2D eigenvalue weighted by atomic mass is 35.5. The average Bonchev–Trinajstić information content (AvgIpc) is 2.86. The van der Waals surface area contributed by atoms with Crippen molar-refractivity contribution in [3.63, 3.8) is 0 Å². The van der Waals surface area contributed by atoms with Crippen LogP contribution in [0.25, 0.3) is 0 Å². The first-order valence-corrected chi connectivity index (χ1v) is 6.98. The van der Waals surface area contributed by atoms with E-state index in [4.69, 9.17) is 9.47 Å². The minimum absolute atomic E-state index is 0. The number of ether oxygens (including phenoxy) is 2. The Labute approximate surface area is 132 Å². The van der Waals surface area contributed by atoms with Crippen LogP contribution in [0, 0.1) is 0 Å². The molecule has 21 heavy (non-hydrogen) atoms. The Hall–Kier alpha value is -1.26. The van der Waals surface area contributed by atoms with Crippen molar-refractivity contribution in [3.8, 4) is 5.75 Å². The second-order valence-corrected chi connectivity index (χ2v) is 6.23. The smallest absolute Gasteiger partial charge is 0.323 e. The highest BCUT2D eigenvalue weighted by Crippen LogP contribution is 2.25. The van der Waals surface area contributed by atoms with Crippen LogP contribution in [0.4, 0.5) is 0 Å². The molecule has 2 unspecified atom stereocenters. The Bertz CT molecular complexity index is 467. The Kier molecular flexibility index (Phi) is 6.05. The summed E-state index contributed by atoms with van der Waals surface area (Å²) >= 11 is 0. The van der Waals surface area contributed by atoms with E-state index in [0.29, 0.717) is 13.0 Å². The molecule has 1 heterocycles. The molecule has 1 aliphatic rings. The number of hydrogen-bond donors (Lipinski definition) is 1. The lowest BCUT2D eigenvalue weighted by Crippen LogP contribution is -2.31. The third kappa shape index (κ3) is 4.61. The first-order valence-electron chi connectivity index (χ1n) is 6.98. The van der Waals surface area contributed by atoms with Crippen molar-refractivity contribution < 1.29 is 14.3 Å². The van der Waals surface area contributed by atoms with Gasteiger partial charge in [-0.3, -0.25) is 4.79 Å². The zero-order valence-electron chi connectivity index (χ0n) is 13.0. The quantitative estimate of drug-likeness (QED) is 0.872. The molecule has 0 aromatic heterocycles. The second-order valence-electron chi connectivity index (χ2n) is 6.23. The largest absolute Gasteiger partial charge is 0.489 e. The maximum Gasteiger partial charge on any atom is 0.323 e. The van der Waals surface area contributed by atoms with Crippen LogP contribution >= 0.6 is 12.4 Å². The molecule has 0 bridgehead atoms. The predicted octanol–water partition coefficient (Wildman–Crippen LogP) is 2.69. The molecular weight excluding hydrogens is 290 g/mol. The lowest BCUT2D eigenvalue weighted by Gasteiger charge is -2.20. The summed E-state index contributed by atoms with van der Waals surface area (Å²) in [5.74, 6) is 0.620. The normalized spacial score (nSPS) is 21.5. The standard InChI is InChI=1S/C16H23NO3.ClH/c1-16(2,3)11-5-7-12(8-6-11)20-13-9-14(17-10-13)15(18)19-4;/h5-8,13-14,17H,9-10H2,1-4H3;1H. The van der Waals surface area contributed by atoms with Crippen LogP contribution in [0.15, 0.2) is 24.3 Å². The van der Waals surface area contributed by atoms with Crippen molar-refractivity contribution in [1.29, 1.82) is 0 Å². The average molecular weight is 314 g/mol. The fourth-order valence-electron chi connectivity index (χ4n) is 2.34. The van der Waals surface area contributed by atoms with Crippen molar-refractivity contribution in [2.45, 2.75) is 44.8 Å². The van der Waals surface area contributed by atoms with E-state index in [0.717, 1.165) is 5.75 Å². The van der Waals surface area contributed by atoms with E-state index in [-0.39, 0.29) is 35.9 Å². The summed E-state index contributed by atoms with van der Waals surface area (Å²) in [6.07, 6.45) is 0.660. The molecule has 2 rings (SSSR count). The molecular formula is C16H24ClNO3. The predicted molar refractivity (Wildman–Crippen MR) is 85.2 cm³/mol. The molecule has 1 fully saturated rings. The van der Waals surface area contributed by atoms with E-state index in [1.807, 2.05) is 12.1 Å². The Morgan fingerprint density at radius 1 is 1.24 bits per heavy atom. The molecule has 0 spiro atoms. The second kappa shape index (κ2) is 7.14. The first-order chi connectivity index (χ1) is 9.40. The molecule has 4 nitrogen and oxygen atoms in total. The highest BCUT2D eigenvalue weighted by molar-refractivity contribution is 5.85. The number of methoxy groups -OCH3 is 1. The van der Waals surface area contributed by atoms with Crippen molar-refractivity contribution in [3.05, 3.63) is 29.8 Å². The molecule has 1 aromatic rings. The third-order valence-corrected chi connectivity index (χ3v) is 3.60. The van der Waals surface area contributed by atoms with Gasteiger partial charge in [0.05, 0.1) is 7.11 Å². The van der Waals surface area contributed by atoms with E-state index >= 15 is 0 Å². The molecule has 1 aliphatic heterocycles. The molecule has 0 saturated carbocycles. The van der Waals surface area contributed by atoms with Crippen LogP contribution in [0.1, 0.15) is 32.8 Å². The van der Waals surface area contributed by atoms with Gasteiger partial charge in [-0.05, 0) is 23.1 Å². The van der Waals surface area contributed by atoms with Crippen LogP contribution in [-0.2, 0) is 14.9 Å². The molecule has 0 aliphatic carbocycles. The molecule has 1 aromatic carbocycles. The van der Waals surface area contributed by atoms with Crippen LogP contribution in [-0.4, -0.2) is 31.8 Å². The Morgan fingerprint density at radius 2 is 1.86 bits per heavy atom. The van der Waals surface area contributed by atoms with Crippen LogP contribution in [0.2, 0.25) is 0 Å². The summed E-state index contributed by atoms with van der Waals surface area (Å²) in [6, 6.07) is 7.92. The number of hydrogen-bond acceptors (Lipinski definition) is 4. The van der Waals surface area contributed by atoms with Gasteiger partial charge in [-0.15, -0.1) is 12.4 Å². The molecule has 0 amide bonds. The van der Waals surface area contributed by atoms with Crippen LogP contribution in [0.3, 0.4) is 0 Å². The van der Waals surface area contributed by atoms with E-state index < -0.39 is 0 Å². The van der Waals surface area contributed by atoms with Gasteiger partial charge in [0.15, 0.2) is 0 Å². The summed E-state index contributed by atoms with van der Waals surface area (Å²) in [5.41, 5.74) is 1.42. The van der Waals surface area contributed by atoms with Crippen LogP contribution < -0.4 is 10.1 Å². The molecule has 0 radical (unpaired) electrons. The van der Waals surface area contributed by atoms with Gasteiger partial charge in [0.25, 0.3) is 0 Å². The van der Waals surface area contributed by atoms with Gasteiger partial charge in [0.2, 0.25) is 0 Å². The summed E-state index contributed by atoms with van der Waals surface area (Å²) in [6.45, 7) is 7.22. The number of benzene rings is 1. The fourth-order valence-corrected chi connectivity index (χ4v) is 2.34. The van der Waals surface area contributed by atoms with Gasteiger partial charge < -0.3 is 14.8 Å². The lowest BCUT2D eigenvalue weighted by molar-refractivity contribution is -0.142. The minimum Gasteiger partial charge on any atom is -0.489 e. The van der Waals surface area contributed by atoms with Gasteiger partial charge in [-0.25, -0.2) is 0 Å². The number of halogens is 1. The fraction of sp³-hybridized carbons (Fsp3) is 0.562. The monoisotopic (exact) mass is 313 g/mol. The highest BCUT2D eigenvalue weighted by Gasteiger charge is 2.31. The number of rotatable bonds is 3. The van der Waals surface area contributed by atoms with Crippen LogP contribution in [0.5, 0.6) is 5.75 Å². The third-order valence-electron chi connectivity index (χ3n) is 3.60. The molecule has 1 N–H and O–H groups in total. The van der Waals surface area contributed by atoms with Crippen molar-refractivity contribution in [2.75, 3.05) is 13.7 Å². The van der Waals surface area contributed by atoms with Gasteiger partial charge in [0, 0.05) is 13.0 Å². The molecule has 118 valence electrons. The first kappa shape index (κ1) is 17.8. The van der Waals surface area contributed by atoms with E-state index in [9.17, 15) is 4.79 Å². The SMILES string of the molecule is COC(=O)C1CC(Oc2ccc(C(C)(C)C)cc2)CN1.Cl. The number of nitrogens with one attached hydrogen (secondary N) is 1. The van der Waals surface area contributed by atoms with E-state index in [1.54, 1.807) is 0 Å². The topological polar surface area (TPSA) is 47.6 Å². The summed E-state index contributed by atoms with van der Waals surface area (Å²) in [7, 11) is 1.41. The minimum atomic E-state index is -0.251. The maximum absolute atomic E-state index is 11.4. The summed E-state index contributed by atoms with van der Waals surface area (Å²) in [5, 5.41) is 3.11. The van der Waals surface area contributed by atoms with Gasteiger partial charge in [0.1, 0.15) is 17.9 Å². The molecule has 1 saturated heterocycles. The summed E-state index contributed by atoms with van der Waals surface area (Å²) < 4.78 is 10.6. The number of carbonyl (C=O) groups excluding carboxylic acids is 1. The summed E-state index contributed by atoms with van der Waals surface area (Å²) in [4.78, 5) is 11.4. The van der Waals surface area contributed by atoms with Crippen molar-refractivity contribution >= 4 is 18.4 Å². The van der Waals surface area contributed by atoms with Crippen molar-refractivity contribution in [1.82, 2.24) is 5.32 Å². The van der Waals surface area contributed by atoms with Gasteiger partial charge in [-0.2, -0.15) is 0 Å². The zero-order chi connectivity index (χ0) is 14.8. The van der Waals surface area contributed by atoms with E-state index in [2.05, 4.69) is 38.2 Å². The zero-order valence-corrected chi connectivity index (χ0v) is 13.8. The Balaban J connectivity index is 0.00000220. The lowest BCUT2D eigenvalue weighted by atomic mass is 9.87. The maximum atomic E-state index is 11.4. The number of carbonyl (C=O) groups is 1. The van der Waals surface area contributed by atoms with E-state index in [1.165, 1.54) is 12.7 Å². The van der Waals surface area contributed by atoms with Gasteiger partial charge in [-0.1, -0.05) is 32.9 Å². The number of esters is 1. The van der Waals surface area contributed by atoms with Gasteiger partial charge >= 0.3 is 5.97 Å². The Morgan fingerprint density at radius 3 is 2.38 bits per heavy atom. The molecule has 5 heteroatoms. The molecule has 2 atom stereocenters. The van der Waals surface area contributed by atoms with Crippen molar-refractivity contribution in [2.24, 2.45) is 0 Å².